The quantitative estimate of drug-likeness (QED) is 0.239. The molecule has 0 saturated heterocycles. The number of nitrogens with one attached hydrogen (secondary N) is 2. The lowest BCUT2D eigenvalue weighted by atomic mass is 9.75. The van der Waals surface area contributed by atoms with E-state index in [1.54, 1.807) is 24.3 Å². The molecule has 192 valence electrons. The van der Waals surface area contributed by atoms with E-state index in [-0.39, 0.29) is 17.2 Å². The highest BCUT2D eigenvalue weighted by molar-refractivity contribution is 7.89. The highest BCUT2D eigenvalue weighted by Crippen LogP contribution is 2.23. The lowest BCUT2D eigenvalue weighted by Gasteiger charge is -2.24. The molecule has 1 heterocycles. The minimum Gasteiger partial charge on any atom is -0.426 e. The van der Waals surface area contributed by atoms with Crippen LogP contribution in [0.25, 0.3) is 21.7 Å². The molecular formula is C27H30BN3O5S. The fourth-order valence-corrected chi connectivity index (χ4v) is 5.84. The van der Waals surface area contributed by atoms with E-state index in [0.29, 0.717) is 17.3 Å². The third-order valence-electron chi connectivity index (χ3n) is 6.22. The van der Waals surface area contributed by atoms with E-state index in [1.165, 1.54) is 12.3 Å². The van der Waals surface area contributed by atoms with Crippen molar-refractivity contribution in [1.29, 1.82) is 0 Å². The number of sulfonamides is 1. The van der Waals surface area contributed by atoms with Crippen molar-refractivity contribution in [3.63, 3.8) is 0 Å². The van der Waals surface area contributed by atoms with Gasteiger partial charge in [-0.05, 0) is 47.2 Å². The van der Waals surface area contributed by atoms with Gasteiger partial charge in [0, 0.05) is 11.6 Å². The third-order valence-corrected chi connectivity index (χ3v) is 7.72. The van der Waals surface area contributed by atoms with E-state index in [1.807, 2.05) is 56.3 Å². The first-order chi connectivity index (χ1) is 17.7. The number of carbonyl (C=O) groups is 1. The van der Waals surface area contributed by atoms with Crippen LogP contribution >= 0.6 is 0 Å². The topological polar surface area (TPSA) is 129 Å². The summed E-state index contributed by atoms with van der Waals surface area (Å²) in [5, 5.41) is 24.9. The van der Waals surface area contributed by atoms with Crippen molar-refractivity contribution in [3.05, 3.63) is 84.6 Å². The molecule has 0 aliphatic carbocycles. The minimum atomic E-state index is -4.18. The number of hydrogen-bond donors (Lipinski definition) is 4. The molecule has 3 aromatic carbocycles. The maximum Gasteiger partial charge on any atom is 0.475 e. The van der Waals surface area contributed by atoms with Gasteiger partial charge in [0.2, 0.25) is 15.9 Å². The molecule has 0 saturated carbocycles. The summed E-state index contributed by atoms with van der Waals surface area (Å²) < 4.78 is 29.7. The van der Waals surface area contributed by atoms with E-state index in [9.17, 15) is 23.3 Å². The predicted octanol–water partition coefficient (Wildman–Crippen LogP) is 2.82. The Morgan fingerprint density at radius 3 is 2.38 bits per heavy atom. The Morgan fingerprint density at radius 1 is 0.946 bits per heavy atom. The summed E-state index contributed by atoms with van der Waals surface area (Å²) >= 11 is 0. The van der Waals surface area contributed by atoms with Gasteiger partial charge in [-0.15, -0.1) is 0 Å². The predicted molar refractivity (Wildman–Crippen MR) is 145 cm³/mol. The van der Waals surface area contributed by atoms with E-state index < -0.39 is 35.0 Å². The zero-order valence-corrected chi connectivity index (χ0v) is 21.5. The highest BCUT2D eigenvalue weighted by Gasteiger charge is 2.32. The van der Waals surface area contributed by atoms with Crippen molar-refractivity contribution in [2.45, 2.75) is 43.6 Å². The number of amides is 1. The number of para-hydroxylation sites is 1. The van der Waals surface area contributed by atoms with Gasteiger partial charge in [-0.3, -0.25) is 9.78 Å². The average Bonchev–Trinajstić information content (AvgIpc) is 2.87. The van der Waals surface area contributed by atoms with Gasteiger partial charge in [-0.25, -0.2) is 8.42 Å². The second-order valence-electron chi connectivity index (χ2n) is 9.51. The lowest BCUT2D eigenvalue weighted by molar-refractivity contribution is -0.123. The van der Waals surface area contributed by atoms with Gasteiger partial charge < -0.3 is 15.4 Å². The summed E-state index contributed by atoms with van der Waals surface area (Å²) in [6.07, 6.45) is 1.88. The summed E-state index contributed by atoms with van der Waals surface area (Å²) in [7, 11) is -5.97. The molecular weight excluding hydrogens is 489 g/mol. The van der Waals surface area contributed by atoms with E-state index >= 15 is 0 Å². The van der Waals surface area contributed by atoms with Crippen molar-refractivity contribution in [2.75, 3.05) is 0 Å². The van der Waals surface area contributed by atoms with Crippen LogP contribution in [0.5, 0.6) is 0 Å². The number of carbonyl (C=O) groups excluding carboxylic acids is 1. The van der Waals surface area contributed by atoms with Gasteiger partial charge >= 0.3 is 7.12 Å². The Hall–Kier alpha value is -3.31. The SMILES string of the molecule is CC(C)C[C@@H](NC(=O)[C@H](Cc1cccc2ccccc12)NS(=O)(=O)c1cccc2cccnc12)B(O)O. The van der Waals surface area contributed by atoms with Gasteiger partial charge in [0.1, 0.15) is 10.9 Å². The van der Waals surface area contributed by atoms with Crippen molar-refractivity contribution >= 4 is 44.7 Å². The van der Waals surface area contributed by atoms with E-state index in [0.717, 1.165) is 16.3 Å². The maximum atomic E-state index is 13.6. The number of fused-ring (bicyclic) bond motifs is 2. The first-order valence-corrected chi connectivity index (χ1v) is 13.6. The largest absolute Gasteiger partial charge is 0.475 e. The molecule has 0 aliphatic rings. The smallest absolute Gasteiger partial charge is 0.426 e. The fraction of sp³-hybridized carbons (Fsp3) is 0.259. The molecule has 0 fully saturated rings. The Kier molecular flexibility index (Phi) is 8.24. The van der Waals surface area contributed by atoms with E-state index in [2.05, 4.69) is 15.0 Å². The summed E-state index contributed by atoms with van der Waals surface area (Å²) in [4.78, 5) is 17.7. The van der Waals surface area contributed by atoms with Gasteiger partial charge in [0.05, 0.1) is 11.5 Å². The second kappa shape index (κ2) is 11.4. The molecule has 2 atom stereocenters. The van der Waals surface area contributed by atoms with Gasteiger partial charge in [0.25, 0.3) is 0 Å². The summed E-state index contributed by atoms with van der Waals surface area (Å²) in [6, 6.07) is 20.4. The summed E-state index contributed by atoms with van der Waals surface area (Å²) in [6.45, 7) is 3.79. The van der Waals surface area contributed by atoms with Crippen molar-refractivity contribution in [3.8, 4) is 0 Å². The molecule has 0 aliphatic heterocycles. The molecule has 0 radical (unpaired) electrons. The van der Waals surface area contributed by atoms with Gasteiger partial charge in [-0.2, -0.15) is 4.72 Å². The van der Waals surface area contributed by atoms with Crippen LogP contribution < -0.4 is 10.0 Å². The van der Waals surface area contributed by atoms with Crippen LogP contribution in [0.3, 0.4) is 0 Å². The Bertz CT molecular complexity index is 1500. The molecule has 0 bridgehead atoms. The van der Waals surface area contributed by atoms with Crippen LogP contribution in [-0.4, -0.2) is 48.5 Å². The summed E-state index contributed by atoms with van der Waals surface area (Å²) in [5.41, 5.74) is 1.08. The Labute approximate surface area is 216 Å². The van der Waals surface area contributed by atoms with Crippen LogP contribution in [0, 0.1) is 5.92 Å². The zero-order chi connectivity index (χ0) is 26.6. The normalized spacial score (nSPS) is 13.5. The molecule has 0 spiro atoms. The van der Waals surface area contributed by atoms with Crippen molar-refractivity contribution in [2.24, 2.45) is 5.92 Å². The first-order valence-electron chi connectivity index (χ1n) is 12.1. The zero-order valence-electron chi connectivity index (χ0n) is 20.7. The third kappa shape index (κ3) is 6.34. The molecule has 4 N–H and O–H groups in total. The van der Waals surface area contributed by atoms with E-state index in [4.69, 9.17) is 0 Å². The average molecular weight is 519 g/mol. The standard InChI is InChI=1S/C27H30BN3O5S/c1-18(2)16-25(28(33)34)30-27(32)23(17-21-11-5-9-19-8-3-4-13-22(19)21)31-37(35,36)24-14-6-10-20-12-7-15-29-26(20)24/h3-15,18,23,25,31,33-34H,16-17H2,1-2H3,(H,30,32)/t23-,25+/m0/s1. The van der Waals surface area contributed by atoms with Crippen LogP contribution in [0.4, 0.5) is 0 Å². The lowest BCUT2D eigenvalue weighted by Crippen LogP contribution is -2.55. The van der Waals surface area contributed by atoms with Crippen LogP contribution in [0.2, 0.25) is 0 Å². The molecule has 1 aromatic heterocycles. The Morgan fingerprint density at radius 2 is 1.62 bits per heavy atom. The second-order valence-corrected chi connectivity index (χ2v) is 11.2. The number of benzene rings is 3. The van der Waals surface area contributed by atoms with Crippen LogP contribution in [0.1, 0.15) is 25.8 Å². The number of aromatic nitrogens is 1. The minimum absolute atomic E-state index is 0.0396. The summed E-state index contributed by atoms with van der Waals surface area (Å²) in [5.74, 6) is -1.53. The van der Waals surface area contributed by atoms with Crippen LogP contribution in [0.15, 0.2) is 83.9 Å². The first kappa shape index (κ1) is 26.7. The molecule has 10 heteroatoms. The molecule has 1 amide bonds. The number of nitrogens with zero attached hydrogens (tertiary/aromatic N) is 1. The molecule has 8 nitrogen and oxygen atoms in total. The molecule has 4 aromatic rings. The number of rotatable bonds is 10. The molecule has 4 rings (SSSR count). The van der Waals surface area contributed by atoms with Gasteiger partial charge in [-0.1, -0.05) is 74.5 Å². The fourth-order valence-electron chi connectivity index (χ4n) is 4.47. The number of hydrogen-bond acceptors (Lipinski definition) is 6. The molecule has 0 unspecified atom stereocenters. The number of pyridine rings is 1. The van der Waals surface area contributed by atoms with Gasteiger partial charge in [0.15, 0.2) is 0 Å². The monoisotopic (exact) mass is 519 g/mol. The highest BCUT2D eigenvalue weighted by atomic mass is 32.2. The Balaban J connectivity index is 1.72. The van der Waals surface area contributed by atoms with Crippen LogP contribution in [-0.2, 0) is 21.2 Å². The van der Waals surface area contributed by atoms with Crippen molar-refractivity contribution < 1.29 is 23.3 Å². The molecule has 37 heavy (non-hydrogen) atoms. The maximum absolute atomic E-state index is 13.6. The van der Waals surface area contributed by atoms with Crippen molar-refractivity contribution in [1.82, 2.24) is 15.0 Å².